The van der Waals surface area contributed by atoms with Crippen molar-refractivity contribution < 1.29 is 150 Å². The SMILES string of the molecule is CC[C@H]1O[C@@H](n2cc(C)c(N)nc2=O)CC1OP(O)(=S)OC[C@H]1O[C@@H](n2cc(C)c(=O)[nH]c2=O)[C@@H](OCCOC)C1OP(=O)([S-])OC[C@H]1O[C@@H](n2cc(C)c(=O)[nH]c2=O)[C@@H](OCCOC)C1OP([O-])(=S)OC[C@H]1O[C@@H](n2cc(C)c(=O)[nH]c2=O)[C@@H](OCCOC)C1OP(O)(=S)OC[C@H]1O[C@@H](n2cnc3c(N)ncnc32)[C@@H](OCCOC)C1OP([O-])(=S)OC[C@H]1O[C@@H](n2cc(C)c(=O)[nH]c2=O)[C@@H](OCCOC)C1O. The summed E-state index contributed by atoms with van der Waals surface area (Å²) in [6.07, 6.45) is -28.1. The molecule has 6 saturated heterocycles. The number of rotatable bonds is 52. The van der Waals surface area contributed by atoms with E-state index < -0.39 is 265 Å². The number of ether oxygens (including phenoxy) is 16. The van der Waals surface area contributed by atoms with Gasteiger partial charge in [-0.15, -0.1) is 0 Å². The maximum absolute atomic E-state index is 15.6. The maximum Gasteiger partial charge on any atom is 0.351 e. The molecule has 28 atom stereocenters. The molecule has 796 valence electrons. The van der Waals surface area contributed by atoms with Crippen LogP contribution in [0.5, 0.6) is 0 Å². The van der Waals surface area contributed by atoms with Gasteiger partial charge in [-0.1, -0.05) is 30.5 Å². The van der Waals surface area contributed by atoms with E-state index in [1.807, 2.05) is 0 Å². The molecule has 57 nitrogen and oxygen atoms in total. The molecule has 0 amide bonds. The van der Waals surface area contributed by atoms with Crippen LogP contribution in [0.25, 0.3) is 11.2 Å². The number of hydrogen-bond acceptors (Lipinski definition) is 50. The number of methoxy groups -OCH3 is 5. The minimum Gasteiger partial charge on any atom is -0.780 e. The highest BCUT2D eigenvalue weighted by molar-refractivity contribution is 8.32. The van der Waals surface area contributed by atoms with E-state index in [4.69, 9.17) is 192 Å². The molecule has 6 aliphatic rings. The van der Waals surface area contributed by atoms with Crippen molar-refractivity contribution >= 4 is 116 Å². The van der Waals surface area contributed by atoms with E-state index in [0.29, 0.717) is 5.56 Å². The van der Waals surface area contributed by atoms with Gasteiger partial charge in [0.05, 0.1) is 118 Å². The maximum atomic E-state index is 15.6. The van der Waals surface area contributed by atoms with Gasteiger partial charge in [0.1, 0.15) is 129 Å². The number of nitrogen functional groups attached to an aromatic ring is 2. The lowest BCUT2D eigenvalue weighted by Crippen LogP contribution is -2.42. The quantitative estimate of drug-likeness (QED) is 0.0104. The first-order valence-electron chi connectivity index (χ1n) is 43.7. The predicted octanol–water partition coefficient (Wildman–Crippen LogP) is -3.04. The number of fused-ring (bicyclic) bond motifs is 1. The zero-order valence-corrected chi connectivity index (χ0v) is 86.7. The van der Waals surface area contributed by atoms with Crippen LogP contribution in [0.2, 0.25) is 0 Å². The summed E-state index contributed by atoms with van der Waals surface area (Å²) in [7, 11) is 6.71. The highest BCUT2D eigenvalue weighted by atomic mass is 32.7. The molecule has 67 heteroatoms. The molecule has 0 radical (unpaired) electrons. The lowest BCUT2D eigenvalue weighted by molar-refractivity contribution is -0.219. The fraction of sp³-hybridized carbons (Fsp3) is 0.671. The highest BCUT2D eigenvalue weighted by Crippen LogP contribution is 2.57. The van der Waals surface area contributed by atoms with E-state index in [-0.39, 0.29) is 117 Å². The Kier molecular flexibility index (Phi) is 39.5. The van der Waals surface area contributed by atoms with Crippen LogP contribution < -0.4 is 71.9 Å². The second-order valence-corrected chi connectivity index (χ2v) is 46.6. The first-order chi connectivity index (χ1) is 67.8. The summed E-state index contributed by atoms with van der Waals surface area (Å²) in [6.45, 7) is -23.3. The minimum atomic E-state index is -5.37. The van der Waals surface area contributed by atoms with Crippen molar-refractivity contribution in [3.63, 3.8) is 0 Å². The summed E-state index contributed by atoms with van der Waals surface area (Å²) in [5.74, 6) is -0.0854. The Balaban J connectivity index is 0.797. The number of H-pyrrole nitrogens is 4. The third-order valence-electron chi connectivity index (χ3n) is 23.1. The monoisotopic (exact) mass is 2220 g/mol. The third-order valence-corrected chi connectivity index (χ3v) is 30.9. The second kappa shape index (κ2) is 49.6. The van der Waals surface area contributed by atoms with E-state index >= 15 is 14.4 Å². The van der Waals surface area contributed by atoms with Gasteiger partial charge >= 0.3 is 41.9 Å². The standard InChI is InChI=1S/C76H111N16O41P5S5/c1-12-41-42(23-48(123-41)87-24-36(2)60(77)82-72(87)98)129-134(103,139)119-30-44-51(56(114-19-14-109-8)68(125-44)89-26-38(4)64(95)84-74(89)100)130-136(105,141)120-31-45-52(57(115-20-15-110-9)69(126-45)90-27-39(5)65(96)85-75(90)101)131-137(106,142)121-32-46-53(58(116-21-16-111-10)70(127-46)91-28-40(6)66(97)86-76(91)102)132-138(107,143)122-33-47-54(59(117-22-17-112-11)71(128-47)92-35-81-49-61(78)79-34-80-62(49)92)133-135(104,140)118-29-43-50(93)55(113-18-13-108-7)67(124-43)88-25-37(3)63(94)83-73(88)99/h24-28,34-35,41-48,50-59,67-71,93H,12-23,29-33H2,1-11H3,(H,103,139)(H,104,140)(H,105,141)(H,106,142)(H,107,143)(H2,77,82,98)(H2,78,79,80)(H,83,94,99)(H,84,95,100)(H,85,96,101)(H,86,97,102)/p-3/t41-,42?,43-,44-,45-,46-,47-,48-,50?,51?,52?,53?,54?,55+,56+,57+,58+,59+,67-,68-,69-,70-,71-,134?,135?,136?,137?,138?/m1/s1. The number of nitrogens with two attached hydrogens (primary N) is 2. The van der Waals surface area contributed by atoms with Crippen LogP contribution >= 0.6 is 33.7 Å². The Hall–Kier alpha value is -6.31. The van der Waals surface area contributed by atoms with E-state index in [0.717, 1.165) is 43.2 Å². The number of aliphatic hydroxyl groups excluding tert-OH is 1. The molecule has 13 rings (SSSR count). The molecule has 6 fully saturated rings. The number of anilines is 2. The molecule has 6 aliphatic heterocycles. The molecule has 7 aromatic heterocycles. The molecule has 0 spiro atoms. The molecule has 143 heavy (non-hydrogen) atoms. The first kappa shape index (κ1) is 114. The first-order valence-corrected chi connectivity index (χ1v) is 56.6. The van der Waals surface area contributed by atoms with Gasteiger partial charge in [0, 0.05) is 101 Å². The lowest BCUT2D eigenvalue weighted by atomic mass is 10.1. The summed E-state index contributed by atoms with van der Waals surface area (Å²) in [6, 6.07) is 0. The van der Waals surface area contributed by atoms with Crippen molar-refractivity contribution in [1.82, 2.24) is 67.3 Å². The van der Waals surface area contributed by atoms with Gasteiger partial charge in [0.15, 0.2) is 49.4 Å². The van der Waals surface area contributed by atoms with Gasteiger partial charge in [-0.2, -0.15) is 4.98 Å². The largest absolute Gasteiger partial charge is 0.780 e. The smallest absolute Gasteiger partial charge is 0.351 e. The van der Waals surface area contributed by atoms with Crippen molar-refractivity contribution in [2.45, 2.75) is 196 Å². The van der Waals surface area contributed by atoms with Crippen molar-refractivity contribution in [2.75, 3.05) is 146 Å². The van der Waals surface area contributed by atoms with Gasteiger partial charge in [0.2, 0.25) is 0 Å². The zero-order chi connectivity index (χ0) is 104. The molecule has 7 aromatic rings. The summed E-state index contributed by atoms with van der Waals surface area (Å²) in [5, 5.41) is 11.8. The van der Waals surface area contributed by atoms with Gasteiger partial charge in [0.25, 0.3) is 22.2 Å². The Labute approximate surface area is 835 Å². The molecular formula is C76H108N16O41P5S5-3. The van der Waals surface area contributed by atoms with Gasteiger partial charge in [-0.25, -0.2) is 38.9 Å². The van der Waals surface area contributed by atoms with Crippen LogP contribution in [-0.4, -0.2) is 321 Å². The molecule has 0 aromatic carbocycles. The average Bonchev–Trinajstić information content (AvgIpc) is 1.62. The minimum absolute atomic E-state index is 0.00898. The Morgan fingerprint density at radius 3 is 1.17 bits per heavy atom. The number of nitrogens with one attached hydrogen (secondary N) is 4. The van der Waals surface area contributed by atoms with E-state index in [1.165, 1.54) is 91.1 Å². The second-order valence-electron chi connectivity index (χ2n) is 32.9. The zero-order valence-electron chi connectivity index (χ0n) is 78.1. The summed E-state index contributed by atoms with van der Waals surface area (Å²) < 4.78 is 179. The van der Waals surface area contributed by atoms with Gasteiger partial charge in [-0.05, 0) is 64.7 Å². The fourth-order valence-corrected chi connectivity index (χ4v) is 23.3. The molecule has 11 unspecified atom stereocenters. The Morgan fingerprint density at radius 1 is 0.427 bits per heavy atom. The van der Waals surface area contributed by atoms with Crippen LogP contribution in [0.4, 0.5) is 11.6 Å². The van der Waals surface area contributed by atoms with Crippen molar-refractivity contribution in [3.05, 3.63) is 165 Å². The number of aromatic nitrogens is 14. The highest BCUT2D eigenvalue weighted by Gasteiger charge is 2.57. The third kappa shape index (κ3) is 27.9. The number of aliphatic hydroxyl groups is 1. The number of nitrogens with zero attached hydrogens (tertiary/aromatic N) is 10. The molecular weight excluding hydrogens is 2110 g/mol. The fourth-order valence-electron chi connectivity index (χ4n) is 16.1. The van der Waals surface area contributed by atoms with E-state index in [2.05, 4.69) is 39.9 Å². The Morgan fingerprint density at radius 2 is 0.769 bits per heavy atom. The number of imidazole rings is 1. The number of aryl methyl sites for hydroxylation is 5. The average molecular weight is 2220 g/mol. The van der Waals surface area contributed by atoms with Gasteiger partial charge < -0.3 is 165 Å². The molecule has 0 saturated carbocycles. The predicted molar refractivity (Wildman–Crippen MR) is 505 cm³/mol. The Bertz CT molecular complexity index is 6440. The molecule has 13 heterocycles. The lowest BCUT2D eigenvalue weighted by Gasteiger charge is -2.36. The molecule has 0 aliphatic carbocycles. The molecule has 0 bridgehead atoms. The normalized spacial score (nSPS) is 29.4. The van der Waals surface area contributed by atoms with Crippen LogP contribution in [0.3, 0.4) is 0 Å². The van der Waals surface area contributed by atoms with Crippen LogP contribution in [0, 0.1) is 34.6 Å². The van der Waals surface area contributed by atoms with E-state index in [1.54, 1.807) is 13.8 Å². The number of aromatic amines is 4. The van der Waals surface area contributed by atoms with Crippen LogP contribution in [0.15, 0.2) is 86.8 Å². The summed E-state index contributed by atoms with van der Waals surface area (Å²) in [4.78, 5) is 201. The van der Waals surface area contributed by atoms with Crippen molar-refractivity contribution in [2.24, 2.45) is 0 Å². The van der Waals surface area contributed by atoms with Crippen LogP contribution in [0.1, 0.15) is 85.0 Å². The summed E-state index contributed by atoms with van der Waals surface area (Å²) >= 11 is 28.4. The van der Waals surface area contributed by atoms with Crippen molar-refractivity contribution in [3.8, 4) is 0 Å². The van der Waals surface area contributed by atoms with Crippen LogP contribution in [-0.2, 0) is 185 Å². The topological polar surface area (TPSA) is 714 Å². The van der Waals surface area contributed by atoms with Crippen molar-refractivity contribution in [1.29, 1.82) is 0 Å². The summed E-state index contributed by atoms with van der Waals surface area (Å²) in [5.41, 5.74) is 4.53. The number of hydrogen-bond donors (Lipinski definition) is 9. The van der Waals surface area contributed by atoms with E-state index in [9.17, 15) is 58.0 Å². The van der Waals surface area contributed by atoms with Gasteiger partial charge in [-0.3, -0.25) is 75.6 Å². The molecule has 11 N–H and O–H groups in total.